The predicted octanol–water partition coefficient (Wildman–Crippen LogP) is 3.32. The van der Waals surface area contributed by atoms with Gasteiger partial charge in [-0.25, -0.2) is 0 Å². The normalized spacial score (nSPS) is 26.6. The highest BCUT2D eigenvalue weighted by Gasteiger charge is 2.41. The summed E-state index contributed by atoms with van der Waals surface area (Å²) in [5.41, 5.74) is 0. The molecule has 4 unspecified atom stereocenters. The van der Waals surface area contributed by atoms with Gasteiger partial charge >= 0.3 is 0 Å². The van der Waals surface area contributed by atoms with Gasteiger partial charge in [0.2, 0.25) is 0 Å². The lowest BCUT2D eigenvalue weighted by molar-refractivity contribution is 0.0992. The molecule has 0 spiro atoms. The quantitative estimate of drug-likeness (QED) is 0.363. The van der Waals surface area contributed by atoms with Crippen molar-refractivity contribution in [3.8, 4) is 5.75 Å². The molecule has 5 nitrogen and oxygen atoms in total. The molecule has 7 heteroatoms. The highest BCUT2D eigenvalue weighted by atomic mass is 127. The Labute approximate surface area is 169 Å². The lowest BCUT2D eigenvalue weighted by atomic mass is 9.96. The van der Waals surface area contributed by atoms with Gasteiger partial charge < -0.3 is 20.1 Å². The fourth-order valence-electron chi connectivity index (χ4n) is 3.21. The number of nitrogens with one attached hydrogen (secondary N) is 2. The number of hydrogen-bond donors (Lipinski definition) is 2. The molecule has 2 saturated heterocycles. The standard InChI is InChI=1S/C17H24BrN3O2.HI/c1-11(22-13-5-3-4-12(18)8-13)10-20-17(19-2)21-15-9-14-6-7-16(15)23-14;/h3-5,8,11,14-16H,6-7,9-10H2,1-2H3,(H2,19,20,21);1H. The number of ether oxygens (including phenoxy) is 2. The lowest BCUT2D eigenvalue weighted by Gasteiger charge is -2.23. The summed E-state index contributed by atoms with van der Waals surface area (Å²) in [6.07, 6.45) is 4.26. The van der Waals surface area contributed by atoms with Crippen molar-refractivity contribution in [3.05, 3.63) is 28.7 Å². The first-order chi connectivity index (χ1) is 11.1. The van der Waals surface area contributed by atoms with E-state index in [1.54, 1.807) is 7.05 Å². The zero-order valence-corrected chi connectivity index (χ0v) is 17.9. The van der Waals surface area contributed by atoms with Gasteiger partial charge in [0.25, 0.3) is 0 Å². The van der Waals surface area contributed by atoms with Gasteiger partial charge in [0, 0.05) is 11.5 Å². The van der Waals surface area contributed by atoms with Gasteiger partial charge in [0.1, 0.15) is 11.9 Å². The molecule has 0 saturated carbocycles. The summed E-state index contributed by atoms with van der Waals surface area (Å²) in [4.78, 5) is 4.30. The Morgan fingerprint density at radius 3 is 2.92 bits per heavy atom. The van der Waals surface area contributed by atoms with Crippen LogP contribution in [0.15, 0.2) is 33.7 Å². The van der Waals surface area contributed by atoms with Crippen LogP contribution in [0.25, 0.3) is 0 Å². The summed E-state index contributed by atoms with van der Waals surface area (Å²) in [7, 11) is 1.79. The number of guanidine groups is 1. The molecule has 2 heterocycles. The number of aliphatic imine (C=N–C) groups is 1. The van der Waals surface area contributed by atoms with Crippen LogP contribution < -0.4 is 15.4 Å². The highest BCUT2D eigenvalue weighted by Crippen LogP contribution is 2.34. The largest absolute Gasteiger partial charge is 0.489 e. The molecule has 1 aromatic carbocycles. The van der Waals surface area contributed by atoms with Gasteiger partial charge in [0.05, 0.1) is 24.8 Å². The summed E-state index contributed by atoms with van der Waals surface area (Å²) < 4.78 is 12.8. The zero-order valence-electron chi connectivity index (χ0n) is 14.0. The van der Waals surface area contributed by atoms with Crippen LogP contribution in [0.3, 0.4) is 0 Å². The molecule has 3 rings (SSSR count). The maximum Gasteiger partial charge on any atom is 0.191 e. The molecular formula is C17H25BrIN3O2. The molecule has 2 aliphatic heterocycles. The Hall–Kier alpha value is -0.540. The maximum atomic E-state index is 5.91. The third-order valence-corrected chi connectivity index (χ3v) is 4.84. The Morgan fingerprint density at radius 2 is 2.29 bits per heavy atom. The third kappa shape index (κ3) is 5.23. The van der Waals surface area contributed by atoms with E-state index >= 15 is 0 Å². The van der Waals surface area contributed by atoms with Crippen molar-refractivity contribution in [2.24, 2.45) is 4.99 Å². The minimum atomic E-state index is 0. The molecule has 0 aliphatic carbocycles. The van der Waals surface area contributed by atoms with Crippen molar-refractivity contribution in [2.75, 3.05) is 13.6 Å². The third-order valence-electron chi connectivity index (χ3n) is 4.34. The predicted molar refractivity (Wildman–Crippen MR) is 110 cm³/mol. The number of hydrogen-bond acceptors (Lipinski definition) is 3. The molecule has 0 radical (unpaired) electrons. The van der Waals surface area contributed by atoms with E-state index in [1.165, 1.54) is 6.42 Å². The van der Waals surface area contributed by atoms with E-state index in [9.17, 15) is 0 Å². The summed E-state index contributed by atoms with van der Waals surface area (Å²) in [5, 5.41) is 6.81. The van der Waals surface area contributed by atoms with Crippen LogP contribution in [0.2, 0.25) is 0 Å². The van der Waals surface area contributed by atoms with Crippen molar-refractivity contribution in [2.45, 2.75) is 50.5 Å². The molecule has 134 valence electrons. The smallest absolute Gasteiger partial charge is 0.191 e. The number of nitrogens with zero attached hydrogens (tertiary/aromatic N) is 1. The van der Waals surface area contributed by atoms with Crippen molar-refractivity contribution >= 4 is 45.9 Å². The molecule has 24 heavy (non-hydrogen) atoms. The van der Waals surface area contributed by atoms with Crippen LogP contribution in [0.5, 0.6) is 5.75 Å². The van der Waals surface area contributed by atoms with E-state index in [2.05, 4.69) is 31.6 Å². The van der Waals surface area contributed by atoms with Crippen LogP contribution in [-0.2, 0) is 4.74 Å². The second-order valence-corrected chi connectivity index (χ2v) is 7.12. The topological polar surface area (TPSA) is 54.9 Å². The second-order valence-electron chi connectivity index (χ2n) is 6.20. The van der Waals surface area contributed by atoms with Crippen LogP contribution in [0, 0.1) is 0 Å². The summed E-state index contributed by atoms with van der Waals surface area (Å²) in [6.45, 7) is 2.73. The van der Waals surface area contributed by atoms with E-state index in [0.717, 1.165) is 29.0 Å². The van der Waals surface area contributed by atoms with Gasteiger partial charge in [-0.15, -0.1) is 24.0 Å². The number of halogens is 2. The van der Waals surface area contributed by atoms with E-state index in [0.29, 0.717) is 24.8 Å². The summed E-state index contributed by atoms with van der Waals surface area (Å²) in [6, 6.07) is 8.26. The number of benzene rings is 1. The zero-order chi connectivity index (χ0) is 16.2. The first kappa shape index (κ1) is 19.8. The maximum absolute atomic E-state index is 5.91. The molecular weight excluding hydrogens is 485 g/mol. The fraction of sp³-hybridized carbons (Fsp3) is 0.588. The molecule has 4 atom stereocenters. The first-order valence-corrected chi connectivity index (χ1v) is 8.98. The van der Waals surface area contributed by atoms with Gasteiger partial charge in [-0.2, -0.15) is 0 Å². The number of fused-ring (bicyclic) bond motifs is 2. The van der Waals surface area contributed by atoms with Crippen molar-refractivity contribution in [3.63, 3.8) is 0 Å². The van der Waals surface area contributed by atoms with Gasteiger partial charge in [0.15, 0.2) is 5.96 Å². The van der Waals surface area contributed by atoms with Crippen molar-refractivity contribution in [1.29, 1.82) is 0 Å². The van der Waals surface area contributed by atoms with Gasteiger partial charge in [-0.05, 0) is 44.4 Å². The molecule has 1 aromatic rings. The average molecular weight is 510 g/mol. The van der Waals surface area contributed by atoms with Gasteiger partial charge in [-0.1, -0.05) is 22.0 Å². The SMILES string of the molecule is CN=C(NCC(C)Oc1cccc(Br)c1)NC1CC2CCC1O2.I. The molecule has 2 bridgehead atoms. The van der Waals surface area contributed by atoms with Crippen LogP contribution in [0.4, 0.5) is 0 Å². The molecule has 0 aromatic heterocycles. The Bertz CT molecular complexity index is 573. The van der Waals surface area contributed by atoms with Crippen LogP contribution in [-0.4, -0.2) is 43.9 Å². The number of rotatable bonds is 5. The summed E-state index contributed by atoms with van der Waals surface area (Å²) in [5.74, 6) is 1.67. The van der Waals surface area contributed by atoms with E-state index in [1.807, 2.05) is 31.2 Å². The van der Waals surface area contributed by atoms with Crippen molar-refractivity contribution in [1.82, 2.24) is 10.6 Å². The van der Waals surface area contributed by atoms with Gasteiger partial charge in [-0.3, -0.25) is 4.99 Å². The molecule has 0 amide bonds. The Kier molecular flexibility index (Phi) is 7.61. The van der Waals surface area contributed by atoms with E-state index < -0.39 is 0 Å². The van der Waals surface area contributed by atoms with E-state index in [-0.39, 0.29) is 30.1 Å². The average Bonchev–Trinajstić information content (AvgIpc) is 3.14. The van der Waals surface area contributed by atoms with Crippen LogP contribution in [0.1, 0.15) is 26.2 Å². The first-order valence-electron chi connectivity index (χ1n) is 8.19. The minimum Gasteiger partial charge on any atom is -0.489 e. The Balaban J connectivity index is 0.00000208. The summed E-state index contributed by atoms with van der Waals surface area (Å²) >= 11 is 3.45. The minimum absolute atomic E-state index is 0. The molecule has 2 fully saturated rings. The Morgan fingerprint density at radius 1 is 1.46 bits per heavy atom. The molecule has 2 aliphatic rings. The van der Waals surface area contributed by atoms with E-state index in [4.69, 9.17) is 9.47 Å². The van der Waals surface area contributed by atoms with Crippen molar-refractivity contribution < 1.29 is 9.47 Å². The lowest BCUT2D eigenvalue weighted by Crippen LogP contribution is -2.49. The molecule has 2 N–H and O–H groups in total. The fourth-order valence-corrected chi connectivity index (χ4v) is 3.59. The highest BCUT2D eigenvalue weighted by molar-refractivity contribution is 14.0. The monoisotopic (exact) mass is 509 g/mol. The van der Waals surface area contributed by atoms with Crippen LogP contribution >= 0.6 is 39.9 Å². The second kappa shape index (κ2) is 9.24.